The summed E-state index contributed by atoms with van der Waals surface area (Å²) in [6.07, 6.45) is 0. The number of carbonyl (C=O) groups excluding carboxylic acids is 2. The summed E-state index contributed by atoms with van der Waals surface area (Å²) in [4.78, 5) is 28.4. The second-order valence-electron chi connectivity index (χ2n) is 6.73. The summed E-state index contributed by atoms with van der Waals surface area (Å²) in [5.41, 5.74) is 3.43. The molecule has 2 aromatic rings. The van der Waals surface area contributed by atoms with Gasteiger partial charge in [0, 0.05) is 37.1 Å². The second kappa shape index (κ2) is 8.68. The number of hydrogen-bond acceptors (Lipinski definition) is 4. The van der Waals surface area contributed by atoms with Gasteiger partial charge in [-0.05, 0) is 43.3 Å². The Kier molecular flexibility index (Phi) is 6.08. The van der Waals surface area contributed by atoms with Crippen molar-refractivity contribution in [2.24, 2.45) is 0 Å². The third-order valence-corrected chi connectivity index (χ3v) is 4.52. The van der Waals surface area contributed by atoms with Crippen molar-refractivity contribution >= 4 is 23.2 Å². The van der Waals surface area contributed by atoms with Crippen LogP contribution in [0.15, 0.2) is 48.5 Å². The Bertz CT molecular complexity index is 799. The smallest absolute Gasteiger partial charge is 0.254 e. The number of anilines is 2. The van der Waals surface area contributed by atoms with E-state index in [9.17, 15) is 9.59 Å². The van der Waals surface area contributed by atoms with E-state index >= 15 is 0 Å². The topological polar surface area (TPSA) is 61.9 Å². The molecule has 1 N–H and O–H groups in total. The molecule has 1 saturated heterocycles. The molecule has 1 aliphatic rings. The maximum absolute atomic E-state index is 12.4. The molecular weight excluding hydrogens is 342 g/mol. The van der Waals surface area contributed by atoms with Crippen LogP contribution in [0.5, 0.6) is 0 Å². The molecule has 3 rings (SSSR count). The summed E-state index contributed by atoms with van der Waals surface area (Å²) in [5.74, 6) is -0.394. The zero-order valence-electron chi connectivity index (χ0n) is 15.8. The molecular formula is C21H25N3O3. The summed E-state index contributed by atoms with van der Waals surface area (Å²) >= 11 is 0. The van der Waals surface area contributed by atoms with Crippen LogP contribution in [0, 0.1) is 6.92 Å². The van der Waals surface area contributed by atoms with Crippen LogP contribution in [0.3, 0.4) is 0 Å². The molecule has 0 spiro atoms. The first-order chi connectivity index (χ1) is 13.0. The standard InChI is InChI=1S/C21H25N3O3/c1-16-4-3-5-17(14-16)21(26)23(2)15-20(25)22-18-6-8-19(9-7-18)24-10-12-27-13-11-24/h3-9,14H,10-13,15H2,1-2H3,(H,22,25). The van der Waals surface area contributed by atoms with Gasteiger partial charge in [0.2, 0.25) is 5.91 Å². The average Bonchev–Trinajstić information content (AvgIpc) is 2.68. The van der Waals surface area contributed by atoms with Crippen molar-refractivity contribution in [3.05, 3.63) is 59.7 Å². The van der Waals surface area contributed by atoms with Gasteiger partial charge in [0.05, 0.1) is 19.8 Å². The number of amides is 2. The van der Waals surface area contributed by atoms with Gasteiger partial charge in [-0.15, -0.1) is 0 Å². The molecule has 0 saturated carbocycles. The summed E-state index contributed by atoms with van der Waals surface area (Å²) in [6, 6.07) is 15.1. The van der Waals surface area contributed by atoms with Crippen molar-refractivity contribution in [2.75, 3.05) is 50.1 Å². The molecule has 1 fully saturated rings. The van der Waals surface area contributed by atoms with Gasteiger partial charge >= 0.3 is 0 Å². The van der Waals surface area contributed by atoms with Gasteiger partial charge in [-0.2, -0.15) is 0 Å². The van der Waals surface area contributed by atoms with Crippen LogP contribution in [0.4, 0.5) is 11.4 Å². The van der Waals surface area contributed by atoms with Crippen LogP contribution in [0.25, 0.3) is 0 Å². The average molecular weight is 367 g/mol. The van der Waals surface area contributed by atoms with E-state index in [1.54, 1.807) is 13.1 Å². The van der Waals surface area contributed by atoms with Crippen molar-refractivity contribution in [3.8, 4) is 0 Å². The molecule has 1 aliphatic heterocycles. The fourth-order valence-corrected chi connectivity index (χ4v) is 3.06. The van der Waals surface area contributed by atoms with E-state index in [2.05, 4.69) is 10.2 Å². The normalized spacial score (nSPS) is 13.9. The summed E-state index contributed by atoms with van der Waals surface area (Å²) in [7, 11) is 1.63. The Labute approximate surface area is 159 Å². The van der Waals surface area contributed by atoms with E-state index in [0.717, 1.165) is 37.6 Å². The number of morpholine rings is 1. The van der Waals surface area contributed by atoms with Crippen molar-refractivity contribution < 1.29 is 14.3 Å². The number of benzene rings is 2. The lowest BCUT2D eigenvalue weighted by Gasteiger charge is -2.28. The minimum absolute atomic E-state index is 0.00199. The van der Waals surface area contributed by atoms with Crippen LogP contribution < -0.4 is 10.2 Å². The van der Waals surface area contributed by atoms with Crippen molar-refractivity contribution in [1.29, 1.82) is 0 Å². The van der Waals surface area contributed by atoms with Crippen LogP contribution in [0.1, 0.15) is 15.9 Å². The van der Waals surface area contributed by atoms with Crippen molar-refractivity contribution in [3.63, 3.8) is 0 Å². The molecule has 0 radical (unpaired) electrons. The Morgan fingerprint density at radius 3 is 2.48 bits per heavy atom. The number of likely N-dealkylation sites (N-methyl/N-ethyl adjacent to an activating group) is 1. The minimum Gasteiger partial charge on any atom is -0.378 e. The zero-order valence-corrected chi connectivity index (χ0v) is 15.8. The van der Waals surface area contributed by atoms with Gasteiger partial charge in [-0.3, -0.25) is 9.59 Å². The van der Waals surface area contributed by atoms with Crippen molar-refractivity contribution in [1.82, 2.24) is 4.90 Å². The minimum atomic E-state index is -0.224. The van der Waals surface area contributed by atoms with Gasteiger partial charge < -0.3 is 19.9 Å². The molecule has 0 aromatic heterocycles. The van der Waals surface area contributed by atoms with E-state index in [0.29, 0.717) is 11.3 Å². The van der Waals surface area contributed by atoms with E-state index in [1.807, 2.05) is 49.4 Å². The Morgan fingerprint density at radius 2 is 1.81 bits per heavy atom. The quantitative estimate of drug-likeness (QED) is 0.882. The first-order valence-electron chi connectivity index (χ1n) is 9.07. The predicted octanol–water partition coefficient (Wildman–Crippen LogP) is 2.54. The number of carbonyl (C=O) groups is 2. The Morgan fingerprint density at radius 1 is 1.11 bits per heavy atom. The number of nitrogens with zero attached hydrogens (tertiary/aromatic N) is 2. The molecule has 142 valence electrons. The molecule has 6 heteroatoms. The van der Waals surface area contributed by atoms with Gasteiger partial charge in [0.15, 0.2) is 0 Å². The van der Waals surface area contributed by atoms with E-state index < -0.39 is 0 Å². The Balaban J connectivity index is 1.54. The fourth-order valence-electron chi connectivity index (χ4n) is 3.06. The summed E-state index contributed by atoms with van der Waals surface area (Å²) < 4.78 is 5.36. The first-order valence-corrected chi connectivity index (χ1v) is 9.07. The molecule has 1 heterocycles. The highest BCUT2D eigenvalue weighted by Gasteiger charge is 2.15. The SMILES string of the molecule is Cc1cccc(C(=O)N(C)CC(=O)Nc2ccc(N3CCOCC3)cc2)c1. The number of ether oxygens (including phenoxy) is 1. The molecule has 6 nitrogen and oxygen atoms in total. The molecule has 0 unspecified atom stereocenters. The fraction of sp³-hybridized carbons (Fsp3) is 0.333. The van der Waals surface area contributed by atoms with Crippen LogP contribution >= 0.6 is 0 Å². The monoisotopic (exact) mass is 367 g/mol. The van der Waals surface area contributed by atoms with Crippen LogP contribution in [-0.4, -0.2) is 56.6 Å². The van der Waals surface area contributed by atoms with Gasteiger partial charge in [0.1, 0.15) is 0 Å². The van der Waals surface area contributed by atoms with Crippen LogP contribution in [0.2, 0.25) is 0 Å². The number of aryl methyl sites for hydroxylation is 1. The largest absolute Gasteiger partial charge is 0.378 e. The first kappa shape index (κ1) is 18.9. The van der Waals surface area contributed by atoms with E-state index in [-0.39, 0.29) is 18.4 Å². The number of rotatable bonds is 5. The molecule has 0 aliphatic carbocycles. The molecule has 0 bridgehead atoms. The predicted molar refractivity (Wildman–Crippen MR) is 106 cm³/mol. The molecule has 27 heavy (non-hydrogen) atoms. The lowest BCUT2D eigenvalue weighted by Crippen LogP contribution is -2.36. The number of hydrogen-bond donors (Lipinski definition) is 1. The molecule has 2 amide bonds. The molecule has 2 aromatic carbocycles. The van der Waals surface area contributed by atoms with Gasteiger partial charge in [0.25, 0.3) is 5.91 Å². The summed E-state index contributed by atoms with van der Waals surface area (Å²) in [6.45, 7) is 5.15. The molecule has 0 atom stereocenters. The maximum atomic E-state index is 12.4. The highest BCUT2D eigenvalue weighted by atomic mass is 16.5. The van der Waals surface area contributed by atoms with Crippen molar-refractivity contribution in [2.45, 2.75) is 6.92 Å². The highest BCUT2D eigenvalue weighted by molar-refractivity contribution is 5.99. The van der Waals surface area contributed by atoms with E-state index in [1.165, 1.54) is 4.90 Å². The number of nitrogens with one attached hydrogen (secondary N) is 1. The van der Waals surface area contributed by atoms with E-state index in [4.69, 9.17) is 4.74 Å². The maximum Gasteiger partial charge on any atom is 0.254 e. The highest BCUT2D eigenvalue weighted by Crippen LogP contribution is 2.19. The third-order valence-electron chi connectivity index (χ3n) is 4.52. The Hall–Kier alpha value is -2.86. The lowest BCUT2D eigenvalue weighted by molar-refractivity contribution is -0.116. The lowest BCUT2D eigenvalue weighted by atomic mass is 10.1. The summed E-state index contributed by atoms with van der Waals surface area (Å²) in [5, 5.41) is 2.84. The second-order valence-corrected chi connectivity index (χ2v) is 6.73. The zero-order chi connectivity index (χ0) is 19.2. The van der Waals surface area contributed by atoms with Crippen LogP contribution in [-0.2, 0) is 9.53 Å². The van der Waals surface area contributed by atoms with Gasteiger partial charge in [-0.25, -0.2) is 0 Å². The van der Waals surface area contributed by atoms with Gasteiger partial charge in [-0.1, -0.05) is 17.7 Å². The third kappa shape index (κ3) is 5.08.